The fourth-order valence-corrected chi connectivity index (χ4v) is 4.36. The first-order chi connectivity index (χ1) is 16.2. The van der Waals surface area contributed by atoms with Gasteiger partial charge in [-0.2, -0.15) is 0 Å². The summed E-state index contributed by atoms with van der Waals surface area (Å²) in [6.45, 7) is 6.45. The third kappa shape index (κ3) is 4.09. The van der Waals surface area contributed by atoms with Crippen LogP contribution in [-0.2, 0) is 11.3 Å². The second-order valence-corrected chi connectivity index (χ2v) is 8.07. The molecule has 8 nitrogen and oxygen atoms in total. The quantitative estimate of drug-likeness (QED) is 0.421. The minimum atomic E-state index is -0.437. The number of methoxy groups -OCH3 is 1. The summed E-state index contributed by atoms with van der Waals surface area (Å²) in [6.07, 6.45) is 1.67. The zero-order valence-electron chi connectivity index (χ0n) is 18.9. The molecule has 0 radical (unpaired) electrons. The van der Waals surface area contributed by atoms with Gasteiger partial charge in [0.2, 0.25) is 0 Å². The molecule has 0 N–H and O–H groups in total. The summed E-state index contributed by atoms with van der Waals surface area (Å²) in [6, 6.07) is 16.3. The van der Waals surface area contributed by atoms with Crippen LogP contribution in [0.25, 0.3) is 16.6 Å². The highest BCUT2D eigenvalue weighted by Gasteiger charge is 2.26. The Morgan fingerprint density at radius 3 is 2.58 bits per heavy atom. The molecule has 0 spiro atoms. The molecule has 0 atom stereocenters. The topological polar surface area (TPSA) is 72.2 Å². The number of anilines is 1. The van der Waals surface area contributed by atoms with E-state index in [1.54, 1.807) is 20.4 Å². The zero-order valence-corrected chi connectivity index (χ0v) is 18.9. The Labute approximate surface area is 192 Å². The minimum Gasteiger partial charge on any atom is -0.497 e. The summed E-state index contributed by atoms with van der Waals surface area (Å²) in [5.41, 5.74) is 3.92. The van der Waals surface area contributed by atoms with Gasteiger partial charge < -0.3 is 14.4 Å². The number of esters is 1. The van der Waals surface area contributed by atoms with Crippen LogP contribution in [0.2, 0.25) is 0 Å². The van der Waals surface area contributed by atoms with Crippen LogP contribution in [0.4, 0.5) is 5.82 Å². The number of aromatic nitrogens is 3. The van der Waals surface area contributed by atoms with Crippen molar-refractivity contribution in [1.82, 2.24) is 19.3 Å². The van der Waals surface area contributed by atoms with Gasteiger partial charge in [-0.3, -0.25) is 9.30 Å². The highest BCUT2D eigenvalue weighted by atomic mass is 16.5. The summed E-state index contributed by atoms with van der Waals surface area (Å²) < 4.78 is 12.6. The van der Waals surface area contributed by atoms with E-state index in [9.17, 15) is 4.79 Å². The first kappa shape index (κ1) is 21.2. The van der Waals surface area contributed by atoms with Gasteiger partial charge in [-0.05, 0) is 24.6 Å². The number of nitrogens with zero attached hydrogens (tertiary/aromatic N) is 5. The van der Waals surface area contributed by atoms with E-state index in [4.69, 9.17) is 14.5 Å². The number of benzene rings is 2. The van der Waals surface area contributed by atoms with E-state index >= 15 is 0 Å². The fraction of sp³-hybridized carbons (Fsp3) is 0.320. The molecule has 0 saturated carbocycles. The van der Waals surface area contributed by atoms with Gasteiger partial charge in [0.15, 0.2) is 11.5 Å². The van der Waals surface area contributed by atoms with Crippen molar-refractivity contribution in [1.29, 1.82) is 0 Å². The molecule has 2 aromatic carbocycles. The van der Waals surface area contributed by atoms with Crippen LogP contribution in [0.5, 0.6) is 5.75 Å². The van der Waals surface area contributed by atoms with E-state index in [-0.39, 0.29) is 5.69 Å². The van der Waals surface area contributed by atoms with E-state index in [2.05, 4.69) is 39.0 Å². The number of piperazine rings is 1. The Morgan fingerprint density at radius 1 is 1.06 bits per heavy atom. The lowest BCUT2D eigenvalue weighted by Crippen LogP contribution is -2.46. The Kier molecular flexibility index (Phi) is 5.83. The van der Waals surface area contributed by atoms with Crippen molar-refractivity contribution in [2.75, 3.05) is 44.8 Å². The van der Waals surface area contributed by atoms with E-state index in [0.717, 1.165) is 55.3 Å². The largest absolute Gasteiger partial charge is 0.497 e. The van der Waals surface area contributed by atoms with E-state index in [1.807, 2.05) is 28.7 Å². The molecule has 1 aliphatic heterocycles. The predicted octanol–water partition coefficient (Wildman–Crippen LogP) is 3.39. The van der Waals surface area contributed by atoms with Gasteiger partial charge >= 0.3 is 5.97 Å². The third-order valence-electron chi connectivity index (χ3n) is 6.04. The van der Waals surface area contributed by atoms with Crippen LogP contribution in [0.15, 0.2) is 54.9 Å². The van der Waals surface area contributed by atoms with Gasteiger partial charge in [-0.1, -0.05) is 30.3 Å². The standard InChI is InChI=1S/C25H27N5O3/c1-3-33-25(31)22-23-24(27-20-10-9-19(32-2)15-21(20)30(23)17-26-22)29-13-11-28(12-14-29)16-18-7-5-4-6-8-18/h4-10,15,17H,3,11-14,16H2,1-2H3. The maximum absolute atomic E-state index is 12.7. The molecule has 5 rings (SSSR count). The average molecular weight is 446 g/mol. The lowest BCUT2D eigenvalue weighted by atomic mass is 10.2. The Hall–Kier alpha value is -3.65. The van der Waals surface area contributed by atoms with Crippen LogP contribution in [-0.4, -0.2) is 65.1 Å². The highest BCUT2D eigenvalue weighted by Crippen LogP contribution is 2.30. The van der Waals surface area contributed by atoms with Crippen molar-refractivity contribution in [2.24, 2.45) is 0 Å². The van der Waals surface area contributed by atoms with Gasteiger partial charge in [0.25, 0.3) is 0 Å². The second kappa shape index (κ2) is 9.07. The number of imidazole rings is 1. The molecular formula is C25H27N5O3. The van der Waals surface area contributed by atoms with Crippen LogP contribution >= 0.6 is 0 Å². The molecule has 2 aromatic heterocycles. The molecule has 1 fully saturated rings. The molecular weight excluding hydrogens is 418 g/mol. The van der Waals surface area contributed by atoms with E-state index in [0.29, 0.717) is 12.1 Å². The van der Waals surface area contributed by atoms with Crippen molar-refractivity contribution in [3.63, 3.8) is 0 Å². The first-order valence-corrected chi connectivity index (χ1v) is 11.2. The molecule has 1 aliphatic rings. The number of fused-ring (bicyclic) bond motifs is 3. The predicted molar refractivity (Wildman–Crippen MR) is 127 cm³/mol. The molecule has 0 bridgehead atoms. The SMILES string of the molecule is CCOC(=O)c1ncn2c1c(N1CCN(Cc3ccccc3)CC1)nc1ccc(OC)cc12. The lowest BCUT2D eigenvalue weighted by Gasteiger charge is -2.35. The van der Waals surface area contributed by atoms with Crippen molar-refractivity contribution in [2.45, 2.75) is 13.5 Å². The highest BCUT2D eigenvalue weighted by molar-refractivity contribution is 6.00. The smallest absolute Gasteiger partial charge is 0.359 e. The number of hydrogen-bond donors (Lipinski definition) is 0. The number of hydrogen-bond acceptors (Lipinski definition) is 7. The van der Waals surface area contributed by atoms with E-state index in [1.165, 1.54) is 5.56 Å². The second-order valence-electron chi connectivity index (χ2n) is 8.07. The van der Waals surface area contributed by atoms with Crippen LogP contribution in [0, 0.1) is 0 Å². The first-order valence-electron chi connectivity index (χ1n) is 11.2. The molecule has 8 heteroatoms. The third-order valence-corrected chi connectivity index (χ3v) is 6.04. The minimum absolute atomic E-state index is 0.288. The van der Waals surface area contributed by atoms with Gasteiger partial charge in [0.05, 0.1) is 24.8 Å². The van der Waals surface area contributed by atoms with Crippen molar-refractivity contribution in [3.8, 4) is 5.75 Å². The molecule has 3 heterocycles. The van der Waals surface area contributed by atoms with Crippen LogP contribution < -0.4 is 9.64 Å². The van der Waals surface area contributed by atoms with Gasteiger partial charge in [0, 0.05) is 38.8 Å². The monoisotopic (exact) mass is 445 g/mol. The van der Waals surface area contributed by atoms with Gasteiger partial charge in [0.1, 0.15) is 17.6 Å². The molecule has 4 aromatic rings. The molecule has 0 aliphatic carbocycles. The van der Waals surface area contributed by atoms with Gasteiger partial charge in [-0.15, -0.1) is 0 Å². The normalized spacial score (nSPS) is 14.7. The lowest BCUT2D eigenvalue weighted by molar-refractivity contribution is 0.0522. The summed E-state index contributed by atoms with van der Waals surface area (Å²) in [5.74, 6) is 1.04. The maximum Gasteiger partial charge on any atom is 0.359 e. The van der Waals surface area contributed by atoms with Crippen LogP contribution in [0.3, 0.4) is 0 Å². The number of carbonyl (C=O) groups is 1. The fourth-order valence-electron chi connectivity index (χ4n) is 4.36. The van der Waals surface area contributed by atoms with Crippen LogP contribution in [0.1, 0.15) is 23.0 Å². The average Bonchev–Trinajstić information content (AvgIpc) is 3.30. The summed E-state index contributed by atoms with van der Waals surface area (Å²) in [5, 5.41) is 0. The molecule has 0 amide bonds. The maximum atomic E-state index is 12.7. The summed E-state index contributed by atoms with van der Waals surface area (Å²) >= 11 is 0. The molecule has 170 valence electrons. The molecule has 1 saturated heterocycles. The Bertz CT molecular complexity index is 1280. The Balaban J connectivity index is 1.51. The molecule has 33 heavy (non-hydrogen) atoms. The number of rotatable bonds is 6. The number of carbonyl (C=O) groups excluding carboxylic acids is 1. The van der Waals surface area contributed by atoms with Crippen molar-refractivity contribution < 1.29 is 14.3 Å². The summed E-state index contributed by atoms with van der Waals surface area (Å²) in [4.78, 5) is 26.8. The molecule has 0 unspecified atom stereocenters. The Morgan fingerprint density at radius 2 is 1.85 bits per heavy atom. The van der Waals surface area contributed by atoms with Gasteiger partial charge in [-0.25, -0.2) is 14.8 Å². The van der Waals surface area contributed by atoms with E-state index < -0.39 is 5.97 Å². The number of ether oxygens (including phenoxy) is 2. The summed E-state index contributed by atoms with van der Waals surface area (Å²) in [7, 11) is 1.63. The zero-order chi connectivity index (χ0) is 22.8. The van der Waals surface area contributed by atoms with Crippen molar-refractivity contribution >= 4 is 28.3 Å². The van der Waals surface area contributed by atoms with Crippen molar-refractivity contribution in [3.05, 3.63) is 66.1 Å².